The lowest BCUT2D eigenvalue weighted by atomic mass is 10.1. The van der Waals surface area contributed by atoms with Crippen LogP contribution in [0.15, 0.2) is 12.3 Å². The number of carbonyl (C=O) groups excluding carboxylic acids is 1. The molecule has 0 aromatic carbocycles. The number of aryl methyl sites for hydroxylation is 1. The van der Waals surface area contributed by atoms with E-state index in [2.05, 4.69) is 16.8 Å². The number of amides is 1. The minimum Gasteiger partial charge on any atom is -0.333 e. The van der Waals surface area contributed by atoms with Gasteiger partial charge in [0, 0.05) is 37.1 Å². The molecule has 0 radical (unpaired) electrons. The van der Waals surface area contributed by atoms with Crippen molar-refractivity contribution < 1.29 is 4.79 Å². The number of halogens is 1. The molecule has 2 fully saturated rings. The van der Waals surface area contributed by atoms with Gasteiger partial charge in [-0.15, -0.1) is 0 Å². The minimum atomic E-state index is 0.0153. The summed E-state index contributed by atoms with van der Waals surface area (Å²) in [5.74, 6) is 0.0153. The van der Waals surface area contributed by atoms with E-state index in [4.69, 9.17) is 11.6 Å². The second kappa shape index (κ2) is 5.34. The van der Waals surface area contributed by atoms with Crippen LogP contribution in [-0.2, 0) is 0 Å². The number of rotatable bonds is 1. The molecule has 108 valence electrons. The van der Waals surface area contributed by atoms with Gasteiger partial charge < -0.3 is 4.90 Å². The predicted molar refractivity (Wildman–Crippen MR) is 79.1 cm³/mol. The van der Waals surface area contributed by atoms with E-state index < -0.39 is 0 Å². The smallest absolute Gasteiger partial charge is 0.257 e. The first kappa shape index (κ1) is 13.8. The normalized spacial score (nSPS) is 26.6. The van der Waals surface area contributed by atoms with Crippen molar-refractivity contribution in [2.24, 2.45) is 0 Å². The van der Waals surface area contributed by atoms with E-state index in [0.717, 1.165) is 18.8 Å². The van der Waals surface area contributed by atoms with Gasteiger partial charge in [-0.25, -0.2) is 0 Å². The van der Waals surface area contributed by atoms with Crippen molar-refractivity contribution in [3.63, 3.8) is 0 Å². The zero-order valence-corrected chi connectivity index (χ0v) is 12.7. The Hall–Kier alpha value is -1.13. The Balaban J connectivity index is 1.82. The Kier molecular flexibility index (Phi) is 3.69. The third-order valence-electron chi connectivity index (χ3n) is 4.42. The topological polar surface area (TPSA) is 36.4 Å². The van der Waals surface area contributed by atoms with Gasteiger partial charge in [0.05, 0.1) is 10.6 Å². The maximum absolute atomic E-state index is 12.7. The van der Waals surface area contributed by atoms with E-state index in [1.807, 2.05) is 11.8 Å². The van der Waals surface area contributed by atoms with Crippen molar-refractivity contribution in [1.29, 1.82) is 0 Å². The summed E-state index contributed by atoms with van der Waals surface area (Å²) in [5.41, 5.74) is 1.36. The predicted octanol–water partition coefficient (Wildman–Crippen LogP) is 2.35. The highest BCUT2D eigenvalue weighted by atomic mass is 35.5. The van der Waals surface area contributed by atoms with Crippen molar-refractivity contribution in [2.75, 3.05) is 19.6 Å². The van der Waals surface area contributed by atoms with Crippen LogP contribution in [0.2, 0.25) is 5.02 Å². The minimum absolute atomic E-state index is 0.0153. The molecule has 1 aromatic rings. The highest BCUT2D eigenvalue weighted by molar-refractivity contribution is 6.33. The second-order valence-corrected chi connectivity index (χ2v) is 6.31. The summed E-state index contributed by atoms with van der Waals surface area (Å²) in [7, 11) is 0. The molecular weight excluding hydrogens is 274 g/mol. The standard InChI is InChI=1S/C15H20ClN3O/c1-10-6-14(16)13(7-17-10)15(20)19-9-12-4-3-5-18(12)8-11(19)2/h6-7,11-12H,3-5,8-9H2,1-2H3. The molecule has 2 aliphatic rings. The first-order valence-electron chi connectivity index (χ1n) is 7.23. The lowest BCUT2D eigenvalue weighted by Gasteiger charge is -2.42. The molecule has 20 heavy (non-hydrogen) atoms. The van der Waals surface area contributed by atoms with Crippen LogP contribution in [-0.4, -0.2) is 52.4 Å². The average Bonchev–Trinajstić information content (AvgIpc) is 2.84. The number of fused-ring (bicyclic) bond motifs is 1. The van der Waals surface area contributed by atoms with E-state index in [-0.39, 0.29) is 11.9 Å². The van der Waals surface area contributed by atoms with Gasteiger partial charge in [0.1, 0.15) is 0 Å². The van der Waals surface area contributed by atoms with Crippen LogP contribution in [0.3, 0.4) is 0 Å². The molecular formula is C15H20ClN3O. The third kappa shape index (κ3) is 2.42. The molecule has 2 atom stereocenters. The fourth-order valence-corrected chi connectivity index (χ4v) is 3.60. The Morgan fingerprint density at radius 2 is 2.25 bits per heavy atom. The van der Waals surface area contributed by atoms with Crippen LogP contribution >= 0.6 is 11.6 Å². The lowest BCUT2D eigenvalue weighted by Crippen LogP contribution is -2.56. The molecule has 0 bridgehead atoms. The Morgan fingerprint density at radius 3 is 3.00 bits per heavy atom. The number of hydrogen-bond acceptors (Lipinski definition) is 3. The van der Waals surface area contributed by atoms with Crippen molar-refractivity contribution >= 4 is 17.5 Å². The number of pyridine rings is 1. The first-order chi connectivity index (χ1) is 9.56. The van der Waals surface area contributed by atoms with Gasteiger partial charge in [-0.2, -0.15) is 0 Å². The molecule has 2 aliphatic heterocycles. The first-order valence-corrected chi connectivity index (χ1v) is 7.61. The molecule has 2 saturated heterocycles. The summed E-state index contributed by atoms with van der Waals surface area (Å²) in [6.45, 7) is 6.93. The van der Waals surface area contributed by atoms with E-state index in [0.29, 0.717) is 16.6 Å². The molecule has 2 unspecified atom stereocenters. The van der Waals surface area contributed by atoms with Gasteiger partial charge in [-0.3, -0.25) is 14.7 Å². The summed E-state index contributed by atoms with van der Waals surface area (Å²) < 4.78 is 0. The molecule has 1 aromatic heterocycles. The summed E-state index contributed by atoms with van der Waals surface area (Å²) >= 11 is 6.20. The number of piperazine rings is 1. The van der Waals surface area contributed by atoms with Gasteiger partial charge in [0.25, 0.3) is 5.91 Å². The van der Waals surface area contributed by atoms with Crippen molar-refractivity contribution in [3.05, 3.63) is 28.5 Å². The van der Waals surface area contributed by atoms with Crippen LogP contribution in [0.5, 0.6) is 0 Å². The van der Waals surface area contributed by atoms with Gasteiger partial charge in [0.15, 0.2) is 0 Å². The zero-order valence-electron chi connectivity index (χ0n) is 12.0. The highest BCUT2D eigenvalue weighted by Crippen LogP contribution is 2.27. The number of hydrogen-bond donors (Lipinski definition) is 0. The van der Waals surface area contributed by atoms with Crippen LogP contribution in [0.1, 0.15) is 35.8 Å². The van der Waals surface area contributed by atoms with Crippen molar-refractivity contribution in [1.82, 2.24) is 14.8 Å². The molecule has 1 amide bonds. The van der Waals surface area contributed by atoms with Crippen LogP contribution in [0, 0.1) is 6.92 Å². The third-order valence-corrected chi connectivity index (χ3v) is 4.73. The van der Waals surface area contributed by atoms with Gasteiger partial charge in [0.2, 0.25) is 0 Å². The molecule has 0 spiro atoms. The summed E-state index contributed by atoms with van der Waals surface area (Å²) in [6, 6.07) is 2.51. The van der Waals surface area contributed by atoms with E-state index >= 15 is 0 Å². The summed E-state index contributed by atoms with van der Waals surface area (Å²) in [4.78, 5) is 21.4. The molecule has 3 rings (SSSR count). The quantitative estimate of drug-likeness (QED) is 0.797. The summed E-state index contributed by atoms with van der Waals surface area (Å²) in [5, 5.41) is 0.503. The maximum Gasteiger partial charge on any atom is 0.257 e. The molecule has 3 heterocycles. The highest BCUT2D eigenvalue weighted by Gasteiger charge is 2.37. The SMILES string of the molecule is Cc1cc(Cl)c(C(=O)N2CC3CCCN3CC2C)cn1. The van der Waals surface area contributed by atoms with Gasteiger partial charge >= 0.3 is 0 Å². The molecule has 0 saturated carbocycles. The Bertz CT molecular complexity index is 534. The van der Waals surface area contributed by atoms with Crippen LogP contribution < -0.4 is 0 Å². The Morgan fingerprint density at radius 1 is 1.45 bits per heavy atom. The number of carbonyl (C=O) groups is 1. The van der Waals surface area contributed by atoms with Crippen molar-refractivity contribution in [2.45, 2.75) is 38.8 Å². The maximum atomic E-state index is 12.7. The summed E-state index contributed by atoms with van der Waals surface area (Å²) in [6.07, 6.45) is 4.04. The largest absolute Gasteiger partial charge is 0.333 e. The van der Waals surface area contributed by atoms with E-state index in [1.165, 1.54) is 19.4 Å². The Labute approximate surface area is 124 Å². The van der Waals surface area contributed by atoms with E-state index in [9.17, 15) is 4.79 Å². The van der Waals surface area contributed by atoms with E-state index in [1.54, 1.807) is 12.3 Å². The molecule has 0 N–H and O–H groups in total. The van der Waals surface area contributed by atoms with Gasteiger partial charge in [-0.1, -0.05) is 11.6 Å². The molecule has 5 heteroatoms. The molecule has 4 nitrogen and oxygen atoms in total. The monoisotopic (exact) mass is 293 g/mol. The molecule has 0 aliphatic carbocycles. The van der Waals surface area contributed by atoms with Crippen LogP contribution in [0.4, 0.5) is 0 Å². The second-order valence-electron chi connectivity index (χ2n) is 5.90. The fourth-order valence-electron chi connectivity index (χ4n) is 3.31. The fraction of sp³-hybridized carbons (Fsp3) is 0.600. The number of aromatic nitrogens is 1. The van der Waals surface area contributed by atoms with Gasteiger partial charge in [-0.05, 0) is 39.3 Å². The van der Waals surface area contributed by atoms with Crippen molar-refractivity contribution in [3.8, 4) is 0 Å². The average molecular weight is 294 g/mol. The zero-order chi connectivity index (χ0) is 14.3. The number of nitrogens with zero attached hydrogens (tertiary/aromatic N) is 3. The lowest BCUT2D eigenvalue weighted by molar-refractivity contribution is 0.0395. The van der Waals surface area contributed by atoms with Crippen LogP contribution in [0.25, 0.3) is 0 Å².